The van der Waals surface area contributed by atoms with Gasteiger partial charge in [0.1, 0.15) is 0 Å². The fraction of sp³-hybridized carbons (Fsp3) is 0.750. The lowest BCUT2D eigenvalue weighted by atomic mass is 9.83. The molecule has 0 amide bonds. The number of hydrogen-bond donors (Lipinski definition) is 0. The summed E-state index contributed by atoms with van der Waals surface area (Å²) in [5.41, 5.74) is 1.40. The van der Waals surface area contributed by atoms with Crippen LogP contribution < -0.4 is 0 Å². The molecule has 1 aromatic heterocycles. The molecule has 132 valence electrons. The van der Waals surface area contributed by atoms with Crippen molar-refractivity contribution in [1.82, 2.24) is 4.98 Å². The third-order valence-electron chi connectivity index (χ3n) is 4.63. The van der Waals surface area contributed by atoms with Gasteiger partial charge in [-0.1, -0.05) is 58.4 Å². The molecular formula is C20H35NO2. The van der Waals surface area contributed by atoms with Gasteiger partial charge in [0.05, 0.1) is 0 Å². The second-order valence-corrected chi connectivity index (χ2v) is 7.01. The zero-order valence-electron chi connectivity index (χ0n) is 15.5. The average molecular weight is 322 g/mol. The van der Waals surface area contributed by atoms with Crippen LogP contribution in [-0.4, -0.2) is 25.5 Å². The second kappa shape index (κ2) is 11.6. The van der Waals surface area contributed by atoms with Gasteiger partial charge in [-0.15, -0.1) is 0 Å². The zero-order valence-corrected chi connectivity index (χ0v) is 15.5. The van der Waals surface area contributed by atoms with Crippen LogP contribution in [0.3, 0.4) is 0 Å². The van der Waals surface area contributed by atoms with Crippen molar-refractivity contribution < 1.29 is 9.47 Å². The fourth-order valence-electron chi connectivity index (χ4n) is 2.98. The number of pyridine rings is 1. The molecule has 3 heteroatoms. The van der Waals surface area contributed by atoms with E-state index < -0.39 is 0 Å². The van der Waals surface area contributed by atoms with Gasteiger partial charge in [0.25, 0.3) is 0 Å². The van der Waals surface area contributed by atoms with Crippen molar-refractivity contribution in [3.63, 3.8) is 0 Å². The van der Waals surface area contributed by atoms with Crippen LogP contribution in [0.5, 0.6) is 0 Å². The van der Waals surface area contributed by atoms with Crippen molar-refractivity contribution in [1.29, 1.82) is 0 Å². The van der Waals surface area contributed by atoms with E-state index in [2.05, 4.69) is 31.0 Å². The van der Waals surface area contributed by atoms with Crippen molar-refractivity contribution in [2.24, 2.45) is 0 Å². The summed E-state index contributed by atoms with van der Waals surface area (Å²) < 4.78 is 10.4. The van der Waals surface area contributed by atoms with Crippen LogP contribution in [0.4, 0.5) is 0 Å². The van der Waals surface area contributed by atoms with Gasteiger partial charge < -0.3 is 9.47 Å². The first-order valence-electron chi connectivity index (χ1n) is 9.07. The minimum Gasteiger partial charge on any atom is -0.356 e. The van der Waals surface area contributed by atoms with E-state index in [1.165, 1.54) is 57.1 Å². The van der Waals surface area contributed by atoms with E-state index in [1.54, 1.807) is 14.2 Å². The van der Waals surface area contributed by atoms with Crippen molar-refractivity contribution in [3.05, 3.63) is 30.1 Å². The average Bonchev–Trinajstić information content (AvgIpc) is 2.57. The molecule has 0 radical (unpaired) electrons. The zero-order chi connectivity index (χ0) is 17.0. The van der Waals surface area contributed by atoms with Crippen LogP contribution in [0.2, 0.25) is 0 Å². The molecule has 0 spiro atoms. The summed E-state index contributed by atoms with van der Waals surface area (Å²) in [6.07, 6.45) is 13.2. The molecule has 0 aliphatic heterocycles. The maximum Gasteiger partial charge on any atom is 0.156 e. The Morgan fingerprint density at radius 1 is 0.913 bits per heavy atom. The number of nitrogens with zero attached hydrogens (tertiary/aromatic N) is 1. The Bertz CT molecular complexity index is 388. The highest BCUT2D eigenvalue weighted by atomic mass is 16.7. The first kappa shape index (κ1) is 20.1. The molecule has 0 saturated carbocycles. The Kier molecular flexibility index (Phi) is 10.1. The predicted octanol–water partition coefficient (Wildman–Crippen LogP) is 5.49. The van der Waals surface area contributed by atoms with Gasteiger partial charge >= 0.3 is 0 Å². The molecule has 23 heavy (non-hydrogen) atoms. The van der Waals surface area contributed by atoms with E-state index in [9.17, 15) is 0 Å². The van der Waals surface area contributed by atoms with Crippen molar-refractivity contribution in [2.75, 3.05) is 14.2 Å². The van der Waals surface area contributed by atoms with Gasteiger partial charge in [-0.3, -0.25) is 4.98 Å². The van der Waals surface area contributed by atoms with Crippen LogP contribution in [0.1, 0.15) is 77.3 Å². The Morgan fingerprint density at radius 3 is 2.09 bits per heavy atom. The number of methoxy groups -OCH3 is 2. The van der Waals surface area contributed by atoms with E-state index in [-0.39, 0.29) is 11.7 Å². The summed E-state index contributed by atoms with van der Waals surface area (Å²) in [5.74, 6) is 0. The number of aromatic nitrogens is 1. The molecule has 3 nitrogen and oxygen atoms in total. The maximum absolute atomic E-state index is 5.20. The number of ether oxygens (including phenoxy) is 2. The van der Waals surface area contributed by atoms with E-state index in [4.69, 9.17) is 9.47 Å². The second-order valence-electron chi connectivity index (χ2n) is 7.01. The molecule has 1 aromatic rings. The van der Waals surface area contributed by atoms with Crippen molar-refractivity contribution in [2.45, 2.75) is 83.3 Å². The molecule has 0 atom stereocenters. The normalized spacial score (nSPS) is 12.0. The van der Waals surface area contributed by atoms with Crippen LogP contribution >= 0.6 is 0 Å². The minimum atomic E-state index is -0.0242. The van der Waals surface area contributed by atoms with Gasteiger partial charge in [-0.2, -0.15) is 0 Å². The summed E-state index contributed by atoms with van der Waals surface area (Å²) in [6, 6.07) is 6.22. The van der Waals surface area contributed by atoms with Crippen LogP contribution in [-0.2, 0) is 14.9 Å². The molecule has 0 bridgehead atoms. The Morgan fingerprint density at radius 2 is 1.52 bits per heavy atom. The molecule has 0 aliphatic rings. The van der Waals surface area contributed by atoms with Crippen LogP contribution in [0, 0.1) is 0 Å². The smallest absolute Gasteiger partial charge is 0.156 e. The van der Waals surface area contributed by atoms with E-state index in [0.29, 0.717) is 0 Å². The SMILES string of the molecule is COC(CCCCCCCCCC(C)(C)c1ccccn1)OC. The number of hydrogen-bond acceptors (Lipinski definition) is 3. The van der Waals surface area contributed by atoms with E-state index in [0.717, 1.165) is 6.42 Å². The molecule has 0 unspecified atom stereocenters. The summed E-state index contributed by atoms with van der Waals surface area (Å²) in [5, 5.41) is 0. The van der Waals surface area contributed by atoms with Crippen molar-refractivity contribution >= 4 is 0 Å². The molecule has 1 rings (SSSR count). The highest BCUT2D eigenvalue weighted by molar-refractivity contribution is 5.13. The molecular weight excluding hydrogens is 286 g/mol. The maximum atomic E-state index is 5.20. The number of rotatable bonds is 13. The molecule has 0 aromatic carbocycles. The molecule has 0 N–H and O–H groups in total. The summed E-state index contributed by atoms with van der Waals surface area (Å²) in [6.45, 7) is 4.61. The van der Waals surface area contributed by atoms with Crippen molar-refractivity contribution in [3.8, 4) is 0 Å². The van der Waals surface area contributed by atoms with E-state index in [1.807, 2.05) is 12.3 Å². The van der Waals surface area contributed by atoms with Gasteiger partial charge in [0.2, 0.25) is 0 Å². The van der Waals surface area contributed by atoms with Gasteiger partial charge in [0, 0.05) is 31.5 Å². The highest BCUT2D eigenvalue weighted by Gasteiger charge is 2.20. The molecule has 1 heterocycles. The number of unbranched alkanes of at least 4 members (excludes halogenated alkanes) is 6. The van der Waals surface area contributed by atoms with Crippen LogP contribution in [0.15, 0.2) is 24.4 Å². The molecule has 0 aliphatic carbocycles. The standard InChI is InChI=1S/C20H35NO2/c1-20(2,18-14-11-13-17-21-18)16-12-9-7-5-6-8-10-15-19(22-3)23-4/h11,13-14,17,19H,5-10,12,15-16H2,1-4H3. The highest BCUT2D eigenvalue weighted by Crippen LogP contribution is 2.27. The molecule has 0 saturated heterocycles. The lowest BCUT2D eigenvalue weighted by molar-refractivity contribution is -0.107. The molecule has 0 fully saturated rings. The Labute approximate surface area is 142 Å². The largest absolute Gasteiger partial charge is 0.356 e. The summed E-state index contributed by atoms with van der Waals surface area (Å²) in [7, 11) is 3.42. The predicted molar refractivity (Wildman–Crippen MR) is 96.6 cm³/mol. The summed E-state index contributed by atoms with van der Waals surface area (Å²) in [4.78, 5) is 4.51. The minimum absolute atomic E-state index is 0.0242. The fourth-order valence-corrected chi connectivity index (χ4v) is 2.98. The monoisotopic (exact) mass is 321 g/mol. The van der Waals surface area contributed by atoms with Gasteiger partial charge in [0.15, 0.2) is 6.29 Å². The van der Waals surface area contributed by atoms with Gasteiger partial charge in [-0.05, 0) is 31.4 Å². The Balaban J connectivity index is 2.01. The summed E-state index contributed by atoms with van der Waals surface area (Å²) >= 11 is 0. The van der Waals surface area contributed by atoms with Gasteiger partial charge in [-0.25, -0.2) is 0 Å². The first-order chi connectivity index (χ1) is 11.1. The quantitative estimate of drug-likeness (QED) is 0.355. The lowest BCUT2D eigenvalue weighted by Crippen LogP contribution is -2.18. The topological polar surface area (TPSA) is 31.4 Å². The van der Waals surface area contributed by atoms with E-state index >= 15 is 0 Å². The lowest BCUT2D eigenvalue weighted by Gasteiger charge is -2.23. The third kappa shape index (κ3) is 8.47. The Hall–Kier alpha value is -0.930. The first-order valence-corrected chi connectivity index (χ1v) is 9.07. The third-order valence-corrected chi connectivity index (χ3v) is 4.63. The van der Waals surface area contributed by atoms with Crippen LogP contribution in [0.25, 0.3) is 0 Å².